The molecule has 0 bridgehead atoms. The highest BCUT2D eigenvalue weighted by molar-refractivity contribution is 6.42. The van der Waals surface area contributed by atoms with Gasteiger partial charge in [0.25, 0.3) is 5.91 Å². The minimum absolute atomic E-state index is 0.102. The first-order chi connectivity index (χ1) is 10.4. The Balaban J connectivity index is 2.64. The summed E-state index contributed by atoms with van der Waals surface area (Å²) in [5.41, 5.74) is 2.97. The zero-order chi connectivity index (χ0) is 16.4. The number of amides is 1. The van der Waals surface area contributed by atoms with Crippen LogP contribution in [0.1, 0.15) is 48.4 Å². The van der Waals surface area contributed by atoms with Crippen molar-refractivity contribution < 1.29 is 4.79 Å². The van der Waals surface area contributed by atoms with Crippen LogP contribution >= 0.6 is 23.2 Å². The highest BCUT2D eigenvalue weighted by atomic mass is 35.5. The molecule has 1 amide bonds. The number of nitrogens with one attached hydrogen (secondary N) is 1. The van der Waals surface area contributed by atoms with E-state index >= 15 is 0 Å². The van der Waals surface area contributed by atoms with Gasteiger partial charge in [-0.2, -0.15) is 5.10 Å². The van der Waals surface area contributed by atoms with Gasteiger partial charge in [-0.05, 0) is 38.0 Å². The number of aromatic nitrogens is 2. The van der Waals surface area contributed by atoms with Crippen molar-refractivity contribution in [1.82, 2.24) is 15.1 Å². The molecule has 1 aromatic heterocycles. The van der Waals surface area contributed by atoms with Crippen LogP contribution in [0.25, 0.3) is 5.69 Å². The fourth-order valence-corrected chi connectivity index (χ4v) is 2.71. The Morgan fingerprint density at radius 2 is 2.00 bits per heavy atom. The highest BCUT2D eigenvalue weighted by Crippen LogP contribution is 2.29. The Labute approximate surface area is 140 Å². The van der Waals surface area contributed by atoms with Crippen LogP contribution in [0.4, 0.5) is 0 Å². The second-order valence-corrected chi connectivity index (χ2v) is 6.18. The van der Waals surface area contributed by atoms with Gasteiger partial charge in [0.05, 0.1) is 32.7 Å². The lowest BCUT2D eigenvalue weighted by Gasteiger charge is -2.13. The highest BCUT2D eigenvalue weighted by Gasteiger charge is 2.24. The molecule has 0 aliphatic rings. The average Bonchev–Trinajstić information content (AvgIpc) is 2.80. The molecule has 1 aromatic carbocycles. The molecular weight excluding hydrogens is 321 g/mol. The minimum atomic E-state index is -0.102. The fourth-order valence-electron chi connectivity index (χ4n) is 2.42. The third kappa shape index (κ3) is 3.13. The van der Waals surface area contributed by atoms with E-state index in [1.54, 1.807) is 16.8 Å². The lowest BCUT2D eigenvalue weighted by molar-refractivity contribution is 0.0954. The van der Waals surface area contributed by atoms with Crippen molar-refractivity contribution in [3.05, 3.63) is 45.2 Å². The smallest absolute Gasteiger partial charge is 0.255 e. The molecule has 118 valence electrons. The molecule has 0 atom stereocenters. The molecule has 22 heavy (non-hydrogen) atoms. The topological polar surface area (TPSA) is 46.9 Å². The lowest BCUT2D eigenvalue weighted by atomic mass is 10.0. The molecule has 6 heteroatoms. The number of benzene rings is 1. The zero-order valence-corrected chi connectivity index (χ0v) is 14.6. The summed E-state index contributed by atoms with van der Waals surface area (Å²) in [4.78, 5) is 12.3. The summed E-state index contributed by atoms with van der Waals surface area (Å²) < 4.78 is 1.77. The van der Waals surface area contributed by atoms with Gasteiger partial charge in [-0.3, -0.25) is 4.79 Å². The minimum Gasteiger partial charge on any atom is -0.352 e. The van der Waals surface area contributed by atoms with E-state index in [-0.39, 0.29) is 11.8 Å². The van der Waals surface area contributed by atoms with Gasteiger partial charge >= 0.3 is 0 Å². The summed E-state index contributed by atoms with van der Waals surface area (Å²) >= 11 is 12.1. The number of halogens is 2. The predicted molar refractivity (Wildman–Crippen MR) is 90.4 cm³/mol. The van der Waals surface area contributed by atoms with Crippen molar-refractivity contribution in [2.24, 2.45) is 0 Å². The summed E-state index contributed by atoms with van der Waals surface area (Å²) in [6.07, 6.45) is 0. The van der Waals surface area contributed by atoms with Crippen molar-refractivity contribution in [3.63, 3.8) is 0 Å². The van der Waals surface area contributed by atoms with Gasteiger partial charge < -0.3 is 5.32 Å². The number of aryl methyl sites for hydroxylation is 1. The van der Waals surface area contributed by atoms with Crippen LogP contribution in [0, 0.1) is 6.92 Å². The van der Waals surface area contributed by atoms with Gasteiger partial charge in [-0.15, -0.1) is 0 Å². The molecule has 0 saturated heterocycles. The quantitative estimate of drug-likeness (QED) is 0.899. The first-order valence-electron chi connectivity index (χ1n) is 7.19. The summed E-state index contributed by atoms with van der Waals surface area (Å²) in [7, 11) is 0. The average molecular weight is 340 g/mol. The van der Waals surface area contributed by atoms with Gasteiger partial charge in [-0.1, -0.05) is 37.0 Å². The molecule has 1 heterocycles. The number of hydrogen-bond acceptors (Lipinski definition) is 2. The first kappa shape index (κ1) is 16.8. The molecule has 0 aliphatic carbocycles. The molecule has 1 N–H and O–H groups in total. The molecule has 0 unspecified atom stereocenters. The lowest BCUT2D eigenvalue weighted by Crippen LogP contribution is -2.24. The van der Waals surface area contributed by atoms with Crippen LogP contribution in [0.5, 0.6) is 0 Å². The van der Waals surface area contributed by atoms with Crippen LogP contribution in [-0.4, -0.2) is 22.2 Å². The molecular formula is C16H19Cl2N3O. The fraction of sp³-hybridized carbons (Fsp3) is 0.375. The number of carbonyl (C=O) groups excluding carboxylic acids is 1. The maximum Gasteiger partial charge on any atom is 0.255 e. The van der Waals surface area contributed by atoms with Gasteiger partial charge in [0.15, 0.2) is 0 Å². The number of hydrogen-bond donors (Lipinski definition) is 1. The molecule has 2 aromatic rings. The number of nitrogens with zero attached hydrogens (tertiary/aromatic N) is 2. The monoisotopic (exact) mass is 339 g/mol. The van der Waals surface area contributed by atoms with Gasteiger partial charge in [0, 0.05) is 6.54 Å². The van der Waals surface area contributed by atoms with E-state index in [2.05, 4.69) is 10.4 Å². The van der Waals surface area contributed by atoms with E-state index < -0.39 is 0 Å². The first-order valence-corrected chi connectivity index (χ1v) is 7.95. The zero-order valence-electron chi connectivity index (χ0n) is 13.1. The molecule has 2 rings (SSSR count). The third-order valence-corrected chi connectivity index (χ3v) is 4.09. The maximum absolute atomic E-state index is 12.3. The van der Waals surface area contributed by atoms with E-state index in [0.717, 1.165) is 11.4 Å². The van der Waals surface area contributed by atoms with Crippen molar-refractivity contribution in [2.75, 3.05) is 6.54 Å². The Bertz CT molecular complexity index is 708. The van der Waals surface area contributed by atoms with E-state index in [9.17, 15) is 4.79 Å². The van der Waals surface area contributed by atoms with Crippen LogP contribution in [0.3, 0.4) is 0 Å². The van der Waals surface area contributed by atoms with Crippen LogP contribution < -0.4 is 5.32 Å². The Kier molecular flexibility index (Phi) is 5.14. The van der Waals surface area contributed by atoms with Crippen molar-refractivity contribution in [3.8, 4) is 5.69 Å². The van der Waals surface area contributed by atoms with E-state index in [1.807, 2.05) is 33.8 Å². The van der Waals surface area contributed by atoms with Crippen molar-refractivity contribution in [1.29, 1.82) is 0 Å². The summed E-state index contributed by atoms with van der Waals surface area (Å²) in [5.74, 6) is 0.0308. The second kappa shape index (κ2) is 6.71. The molecule has 0 aliphatic heterocycles. The normalized spacial score (nSPS) is 11.0. The van der Waals surface area contributed by atoms with Crippen LogP contribution in [-0.2, 0) is 0 Å². The van der Waals surface area contributed by atoms with E-state index in [4.69, 9.17) is 23.2 Å². The SMILES string of the molecule is CCNC(=O)c1c(C)nn(-c2ccc(Cl)c(Cl)c2)c1C(C)C. The van der Waals surface area contributed by atoms with E-state index in [1.165, 1.54) is 0 Å². The molecule has 0 radical (unpaired) electrons. The molecule has 0 spiro atoms. The Hall–Kier alpha value is -1.52. The molecule has 4 nitrogen and oxygen atoms in total. The third-order valence-electron chi connectivity index (χ3n) is 3.36. The van der Waals surface area contributed by atoms with Crippen molar-refractivity contribution in [2.45, 2.75) is 33.6 Å². The van der Waals surface area contributed by atoms with Crippen LogP contribution in [0.2, 0.25) is 10.0 Å². The van der Waals surface area contributed by atoms with Gasteiger partial charge in [0.1, 0.15) is 0 Å². The predicted octanol–water partition coefficient (Wildman–Crippen LogP) is 4.36. The molecule has 0 fully saturated rings. The summed E-state index contributed by atoms with van der Waals surface area (Å²) in [6.45, 7) is 8.38. The molecule has 0 saturated carbocycles. The van der Waals surface area contributed by atoms with Gasteiger partial charge in [-0.25, -0.2) is 4.68 Å². The Morgan fingerprint density at radius 3 is 2.55 bits per heavy atom. The maximum atomic E-state index is 12.3. The van der Waals surface area contributed by atoms with Crippen molar-refractivity contribution >= 4 is 29.1 Å². The second-order valence-electron chi connectivity index (χ2n) is 5.37. The van der Waals surface area contributed by atoms with Crippen LogP contribution in [0.15, 0.2) is 18.2 Å². The van der Waals surface area contributed by atoms with Gasteiger partial charge in [0.2, 0.25) is 0 Å². The standard InChI is InChI=1S/C16H19Cl2N3O/c1-5-19-16(22)14-10(4)20-21(15(14)9(2)3)11-6-7-12(17)13(18)8-11/h6-9H,5H2,1-4H3,(H,19,22). The number of rotatable bonds is 4. The summed E-state index contributed by atoms with van der Waals surface area (Å²) in [6, 6.07) is 5.32. The number of carbonyl (C=O) groups is 1. The van der Waals surface area contributed by atoms with E-state index in [0.29, 0.717) is 27.8 Å². The Morgan fingerprint density at radius 1 is 1.32 bits per heavy atom. The largest absolute Gasteiger partial charge is 0.352 e. The summed E-state index contributed by atoms with van der Waals surface area (Å²) in [5, 5.41) is 8.32.